The maximum atomic E-state index is 12.0. The number of carbonyl (C=O) groups excluding carboxylic acids is 1. The van der Waals surface area contributed by atoms with Crippen molar-refractivity contribution in [2.45, 2.75) is 0 Å². The third-order valence-corrected chi connectivity index (χ3v) is 3.11. The Kier molecular flexibility index (Phi) is 4.27. The Morgan fingerprint density at radius 2 is 1.65 bits per heavy atom. The predicted molar refractivity (Wildman–Crippen MR) is 77.8 cm³/mol. The summed E-state index contributed by atoms with van der Waals surface area (Å²) < 4.78 is 0. The summed E-state index contributed by atoms with van der Waals surface area (Å²) >= 11 is 11.7. The normalized spacial score (nSPS) is 10.1. The van der Waals surface area contributed by atoms with Gasteiger partial charge in [0.15, 0.2) is 0 Å². The molecule has 20 heavy (non-hydrogen) atoms. The third-order valence-electron chi connectivity index (χ3n) is 2.57. The fourth-order valence-corrected chi connectivity index (χ4v) is 2.06. The molecule has 2 N–H and O–H groups in total. The van der Waals surface area contributed by atoms with E-state index in [0.717, 1.165) is 0 Å². The molecular weight excluding hydrogens is 301 g/mol. The fraction of sp³-hybridized carbons (Fsp3) is 0. The van der Waals surface area contributed by atoms with Crippen LogP contribution in [0.1, 0.15) is 20.7 Å². The van der Waals surface area contributed by atoms with Crippen molar-refractivity contribution in [1.82, 2.24) is 0 Å². The van der Waals surface area contributed by atoms with Gasteiger partial charge in [0, 0.05) is 10.7 Å². The van der Waals surface area contributed by atoms with Gasteiger partial charge in [0.1, 0.15) is 0 Å². The molecular formula is C14H9Cl2NO3. The molecule has 6 heteroatoms. The lowest BCUT2D eigenvalue weighted by molar-refractivity contribution is 0.0696. The Bertz CT molecular complexity index is 669. The van der Waals surface area contributed by atoms with Gasteiger partial charge in [0.05, 0.1) is 16.1 Å². The van der Waals surface area contributed by atoms with Crippen molar-refractivity contribution >= 4 is 40.8 Å². The SMILES string of the molecule is O=C(O)c1ccc(NC(=O)c2ccc(Cl)cc2Cl)cc1. The van der Waals surface area contributed by atoms with Gasteiger partial charge in [-0.2, -0.15) is 0 Å². The molecule has 0 spiro atoms. The molecule has 2 rings (SSSR count). The van der Waals surface area contributed by atoms with Gasteiger partial charge in [-0.3, -0.25) is 4.79 Å². The lowest BCUT2D eigenvalue weighted by Crippen LogP contribution is -2.12. The van der Waals surface area contributed by atoms with E-state index in [-0.39, 0.29) is 10.6 Å². The summed E-state index contributed by atoms with van der Waals surface area (Å²) in [6.07, 6.45) is 0. The van der Waals surface area contributed by atoms with Crippen LogP contribution in [0.15, 0.2) is 42.5 Å². The number of carbonyl (C=O) groups is 2. The molecule has 0 saturated carbocycles. The monoisotopic (exact) mass is 309 g/mol. The highest BCUT2D eigenvalue weighted by Crippen LogP contribution is 2.22. The highest BCUT2D eigenvalue weighted by molar-refractivity contribution is 6.37. The van der Waals surface area contributed by atoms with Gasteiger partial charge in [-0.05, 0) is 42.5 Å². The van der Waals surface area contributed by atoms with Crippen LogP contribution >= 0.6 is 23.2 Å². The van der Waals surface area contributed by atoms with Crippen LogP contribution < -0.4 is 5.32 Å². The molecule has 0 radical (unpaired) electrons. The summed E-state index contributed by atoms with van der Waals surface area (Å²) in [5.41, 5.74) is 0.914. The summed E-state index contributed by atoms with van der Waals surface area (Å²) in [6.45, 7) is 0. The number of hydrogen-bond donors (Lipinski definition) is 2. The molecule has 0 aliphatic heterocycles. The molecule has 2 aromatic rings. The van der Waals surface area contributed by atoms with Crippen molar-refractivity contribution in [3.8, 4) is 0 Å². The lowest BCUT2D eigenvalue weighted by atomic mass is 10.2. The number of carboxylic acid groups (broad SMARTS) is 1. The lowest BCUT2D eigenvalue weighted by Gasteiger charge is -2.07. The van der Waals surface area contributed by atoms with E-state index in [1.165, 1.54) is 36.4 Å². The first-order chi connectivity index (χ1) is 9.47. The maximum absolute atomic E-state index is 12.0. The zero-order valence-corrected chi connectivity index (χ0v) is 11.6. The Labute approximate surface area is 124 Å². The number of anilines is 1. The first kappa shape index (κ1) is 14.4. The molecule has 0 aromatic heterocycles. The number of nitrogens with one attached hydrogen (secondary N) is 1. The molecule has 0 heterocycles. The van der Waals surface area contributed by atoms with Crippen molar-refractivity contribution in [1.29, 1.82) is 0 Å². The zero-order valence-electron chi connectivity index (χ0n) is 10.1. The molecule has 0 unspecified atom stereocenters. The van der Waals surface area contributed by atoms with Gasteiger partial charge in [0.2, 0.25) is 0 Å². The molecule has 0 atom stereocenters. The van der Waals surface area contributed by atoms with E-state index in [9.17, 15) is 9.59 Å². The van der Waals surface area contributed by atoms with Crippen LogP contribution in [-0.2, 0) is 0 Å². The van der Waals surface area contributed by atoms with Crippen molar-refractivity contribution in [2.75, 3.05) is 5.32 Å². The van der Waals surface area contributed by atoms with E-state index in [0.29, 0.717) is 16.3 Å². The molecule has 0 bridgehead atoms. The minimum absolute atomic E-state index is 0.146. The second kappa shape index (κ2) is 5.94. The summed E-state index contributed by atoms with van der Waals surface area (Å²) in [5.74, 6) is -1.42. The first-order valence-electron chi connectivity index (χ1n) is 5.57. The Balaban J connectivity index is 2.17. The average molecular weight is 310 g/mol. The largest absolute Gasteiger partial charge is 0.478 e. The molecule has 102 valence electrons. The van der Waals surface area contributed by atoms with Crippen LogP contribution in [0.3, 0.4) is 0 Å². The minimum atomic E-state index is -1.02. The number of aromatic carboxylic acids is 1. The minimum Gasteiger partial charge on any atom is -0.478 e. The number of benzene rings is 2. The topological polar surface area (TPSA) is 66.4 Å². The van der Waals surface area contributed by atoms with Crippen LogP contribution in [-0.4, -0.2) is 17.0 Å². The second-order valence-corrected chi connectivity index (χ2v) is 4.80. The van der Waals surface area contributed by atoms with Crippen molar-refractivity contribution in [3.63, 3.8) is 0 Å². The molecule has 1 amide bonds. The van der Waals surface area contributed by atoms with Gasteiger partial charge in [0.25, 0.3) is 5.91 Å². The predicted octanol–water partition coefficient (Wildman–Crippen LogP) is 3.94. The number of hydrogen-bond acceptors (Lipinski definition) is 2. The molecule has 0 aliphatic carbocycles. The zero-order chi connectivity index (χ0) is 14.7. The first-order valence-corrected chi connectivity index (χ1v) is 6.33. The van der Waals surface area contributed by atoms with Crippen LogP contribution in [0.25, 0.3) is 0 Å². The van der Waals surface area contributed by atoms with Crippen LogP contribution in [0.4, 0.5) is 5.69 Å². The third kappa shape index (κ3) is 3.29. The van der Waals surface area contributed by atoms with Crippen LogP contribution in [0.2, 0.25) is 10.0 Å². The highest BCUT2D eigenvalue weighted by atomic mass is 35.5. The van der Waals surface area contributed by atoms with Gasteiger partial charge >= 0.3 is 5.97 Å². The Morgan fingerprint density at radius 1 is 1.00 bits per heavy atom. The average Bonchev–Trinajstić information content (AvgIpc) is 2.39. The molecule has 0 saturated heterocycles. The number of halogens is 2. The Morgan fingerprint density at radius 3 is 2.20 bits per heavy atom. The standard InChI is InChI=1S/C14H9Cl2NO3/c15-9-3-6-11(12(16)7-9)13(18)17-10-4-1-8(2-5-10)14(19)20/h1-7H,(H,17,18)(H,19,20). The maximum Gasteiger partial charge on any atom is 0.335 e. The smallest absolute Gasteiger partial charge is 0.335 e. The van der Waals surface area contributed by atoms with E-state index in [2.05, 4.69) is 5.32 Å². The van der Waals surface area contributed by atoms with Crippen molar-refractivity contribution < 1.29 is 14.7 Å². The Hall–Kier alpha value is -2.04. The summed E-state index contributed by atoms with van der Waals surface area (Å²) in [4.78, 5) is 22.7. The molecule has 0 fully saturated rings. The quantitative estimate of drug-likeness (QED) is 0.902. The summed E-state index contributed by atoms with van der Waals surface area (Å²) in [5, 5.41) is 12.1. The molecule has 0 aliphatic rings. The number of amides is 1. The van der Waals surface area contributed by atoms with Crippen LogP contribution in [0.5, 0.6) is 0 Å². The molecule has 4 nitrogen and oxygen atoms in total. The van der Waals surface area contributed by atoms with Crippen LogP contribution in [0, 0.1) is 0 Å². The van der Waals surface area contributed by atoms with Gasteiger partial charge in [-0.1, -0.05) is 23.2 Å². The number of rotatable bonds is 3. The second-order valence-electron chi connectivity index (χ2n) is 3.96. The van der Waals surface area contributed by atoms with Gasteiger partial charge < -0.3 is 10.4 Å². The fourth-order valence-electron chi connectivity index (χ4n) is 1.57. The highest BCUT2D eigenvalue weighted by Gasteiger charge is 2.11. The van der Waals surface area contributed by atoms with Crippen molar-refractivity contribution in [3.05, 3.63) is 63.6 Å². The van der Waals surface area contributed by atoms with E-state index in [4.69, 9.17) is 28.3 Å². The summed E-state index contributed by atoms with van der Waals surface area (Å²) in [7, 11) is 0. The summed E-state index contributed by atoms with van der Waals surface area (Å²) in [6, 6.07) is 10.4. The van der Waals surface area contributed by atoms with Gasteiger partial charge in [-0.25, -0.2) is 4.79 Å². The van der Waals surface area contributed by atoms with E-state index in [1.807, 2.05) is 0 Å². The van der Waals surface area contributed by atoms with E-state index in [1.54, 1.807) is 6.07 Å². The van der Waals surface area contributed by atoms with Crippen molar-refractivity contribution in [2.24, 2.45) is 0 Å². The molecule has 2 aromatic carbocycles. The van der Waals surface area contributed by atoms with E-state index < -0.39 is 11.9 Å². The van der Waals surface area contributed by atoms with Gasteiger partial charge in [-0.15, -0.1) is 0 Å². The van der Waals surface area contributed by atoms with E-state index >= 15 is 0 Å². The number of carboxylic acids is 1.